The highest BCUT2D eigenvalue weighted by Gasteiger charge is 2.32. The molecule has 1 heterocycles. The second-order valence-electron chi connectivity index (χ2n) is 8.77. The van der Waals surface area contributed by atoms with Crippen molar-refractivity contribution in [2.24, 2.45) is 0 Å². The highest BCUT2D eigenvalue weighted by atomic mass is 35.5. The van der Waals surface area contributed by atoms with E-state index in [1.54, 1.807) is 11.0 Å². The van der Waals surface area contributed by atoms with Gasteiger partial charge in [0.15, 0.2) is 0 Å². The van der Waals surface area contributed by atoms with Gasteiger partial charge in [-0.2, -0.15) is 17.5 Å². The second-order valence-corrected chi connectivity index (χ2v) is 11.1. The number of amides is 1. The van der Waals surface area contributed by atoms with Crippen LogP contribution in [0, 0.1) is 5.82 Å². The minimum absolute atomic E-state index is 0.0498. The van der Waals surface area contributed by atoms with Gasteiger partial charge < -0.3 is 9.80 Å². The van der Waals surface area contributed by atoms with E-state index in [0.717, 1.165) is 16.4 Å². The van der Waals surface area contributed by atoms with E-state index in [4.69, 9.17) is 11.6 Å². The first-order chi connectivity index (χ1) is 17.9. The fourth-order valence-corrected chi connectivity index (χ4v) is 5.62. The van der Waals surface area contributed by atoms with Crippen LogP contribution in [0.2, 0.25) is 5.02 Å². The number of sulfonamides is 1. The van der Waals surface area contributed by atoms with Crippen LogP contribution in [0.4, 0.5) is 23.2 Å². The lowest BCUT2D eigenvalue weighted by Gasteiger charge is -2.37. The molecule has 3 aromatic carbocycles. The lowest BCUT2D eigenvalue weighted by atomic mass is 10.1. The number of anilines is 1. The average Bonchev–Trinajstić information content (AvgIpc) is 2.89. The lowest BCUT2D eigenvalue weighted by Crippen LogP contribution is -2.51. The van der Waals surface area contributed by atoms with E-state index in [1.165, 1.54) is 59.5 Å². The van der Waals surface area contributed by atoms with Gasteiger partial charge in [0.25, 0.3) is 0 Å². The Bertz CT molecular complexity index is 1380. The molecule has 1 fully saturated rings. The molecule has 1 aliphatic heterocycles. The number of halogens is 5. The zero-order valence-electron chi connectivity index (χ0n) is 20.0. The summed E-state index contributed by atoms with van der Waals surface area (Å²) in [5, 5.41) is 0.351. The number of hydrogen-bond acceptors (Lipinski definition) is 4. The zero-order valence-corrected chi connectivity index (χ0v) is 21.6. The van der Waals surface area contributed by atoms with Gasteiger partial charge in [0, 0.05) is 43.4 Å². The Morgan fingerprint density at radius 2 is 1.55 bits per heavy atom. The van der Waals surface area contributed by atoms with Crippen molar-refractivity contribution in [1.82, 2.24) is 9.21 Å². The number of benzene rings is 3. The molecule has 202 valence electrons. The van der Waals surface area contributed by atoms with Crippen molar-refractivity contribution >= 4 is 33.2 Å². The largest absolute Gasteiger partial charge is 0.416 e. The van der Waals surface area contributed by atoms with E-state index < -0.39 is 40.0 Å². The molecular weight excluding hydrogens is 546 g/mol. The molecule has 0 aliphatic carbocycles. The van der Waals surface area contributed by atoms with E-state index in [2.05, 4.69) is 0 Å². The fraction of sp³-hybridized carbons (Fsp3) is 0.269. The molecule has 3 aromatic rings. The Hall–Kier alpha value is -3.15. The van der Waals surface area contributed by atoms with Crippen LogP contribution in [0.1, 0.15) is 11.1 Å². The van der Waals surface area contributed by atoms with Crippen LogP contribution in [0.3, 0.4) is 0 Å². The van der Waals surface area contributed by atoms with Crippen molar-refractivity contribution < 1.29 is 30.8 Å². The molecule has 0 saturated carbocycles. The standard InChI is InChI=1S/C26H24ClF4N3O3S/c27-21-6-10-24(11-7-21)38(36,37)34(17-19-4-8-22(28)9-5-19)18-25(35)33-14-12-32(13-15-33)23-3-1-2-20(16-23)26(29,30)31/h1-11,16H,12-15,17-18H2. The minimum Gasteiger partial charge on any atom is -0.368 e. The molecule has 0 bridgehead atoms. The van der Waals surface area contributed by atoms with Crippen LogP contribution in [0.15, 0.2) is 77.7 Å². The highest BCUT2D eigenvalue weighted by Crippen LogP contribution is 2.32. The number of nitrogens with zero attached hydrogens (tertiary/aromatic N) is 3. The topological polar surface area (TPSA) is 60.9 Å². The van der Waals surface area contributed by atoms with Gasteiger partial charge in [-0.1, -0.05) is 29.8 Å². The first-order valence-electron chi connectivity index (χ1n) is 11.6. The maximum absolute atomic E-state index is 13.4. The normalized spacial score (nSPS) is 14.7. The molecule has 12 heteroatoms. The van der Waals surface area contributed by atoms with E-state index in [1.807, 2.05) is 0 Å². The molecule has 1 amide bonds. The molecule has 0 aromatic heterocycles. The number of alkyl halides is 3. The molecule has 0 radical (unpaired) electrons. The molecular formula is C26H24ClF4N3O3S. The van der Waals surface area contributed by atoms with Gasteiger partial charge in [-0.15, -0.1) is 0 Å². The van der Waals surface area contributed by atoms with Gasteiger partial charge in [0.1, 0.15) is 5.82 Å². The summed E-state index contributed by atoms with van der Waals surface area (Å²) < 4.78 is 80.5. The van der Waals surface area contributed by atoms with Crippen LogP contribution in [0.5, 0.6) is 0 Å². The third-order valence-corrected chi connectivity index (χ3v) is 8.26. The minimum atomic E-state index is -4.46. The molecule has 1 aliphatic rings. The third kappa shape index (κ3) is 6.64. The van der Waals surface area contributed by atoms with E-state index in [0.29, 0.717) is 16.3 Å². The molecule has 38 heavy (non-hydrogen) atoms. The summed E-state index contributed by atoms with van der Waals surface area (Å²) in [5.74, 6) is -0.927. The molecule has 0 unspecified atom stereocenters. The van der Waals surface area contributed by atoms with Gasteiger partial charge in [-0.3, -0.25) is 4.79 Å². The summed E-state index contributed by atoms with van der Waals surface area (Å²) in [6.07, 6.45) is -4.46. The maximum atomic E-state index is 13.4. The number of hydrogen-bond donors (Lipinski definition) is 0. The monoisotopic (exact) mass is 569 g/mol. The molecule has 4 rings (SSSR count). The average molecular weight is 570 g/mol. The second kappa shape index (κ2) is 11.3. The Labute approximate surface area is 223 Å². The molecule has 0 atom stereocenters. The zero-order chi connectivity index (χ0) is 27.5. The first kappa shape index (κ1) is 27.9. The number of carbonyl (C=O) groups is 1. The Morgan fingerprint density at radius 1 is 0.921 bits per heavy atom. The van der Waals surface area contributed by atoms with E-state index in [-0.39, 0.29) is 37.6 Å². The van der Waals surface area contributed by atoms with Crippen LogP contribution < -0.4 is 4.90 Å². The first-order valence-corrected chi connectivity index (χ1v) is 13.5. The summed E-state index contributed by atoms with van der Waals surface area (Å²) in [5.41, 5.74) is 0.138. The molecule has 0 spiro atoms. The maximum Gasteiger partial charge on any atom is 0.416 e. The van der Waals surface area contributed by atoms with E-state index >= 15 is 0 Å². The van der Waals surface area contributed by atoms with Crippen molar-refractivity contribution in [3.8, 4) is 0 Å². The van der Waals surface area contributed by atoms with Crippen LogP contribution in [0.25, 0.3) is 0 Å². The smallest absolute Gasteiger partial charge is 0.368 e. The number of piperazine rings is 1. The van der Waals surface area contributed by atoms with Crippen LogP contribution >= 0.6 is 11.6 Å². The van der Waals surface area contributed by atoms with Gasteiger partial charge in [0.05, 0.1) is 17.0 Å². The Balaban J connectivity index is 1.48. The summed E-state index contributed by atoms with van der Waals surface area (Å²) in [6, 6.07) is 15.8. The fourth-order valence-electron chi connectivity index (χ4n) is 4.12. The van der Waals surface area contributed by atoms with Gasteiger partial charge in [-0.25, -0.2) is 12.8 Å². The van der Waals surface area contributed by atoms with Crippen molar-refractivity contribution in [1.29, 1.82) is 0 Å². The Morgan fingerprint density at radius 3 is 2.16 bits per heavy atom. The summed E-state index contributed by atoms with van der Waals surface area (Å²) >= 11 is 5.89. The number of carbonyl (C=O) groups excluding carboxylic acids is 1. The van der Waals surface area contributed by atoms with Crippen molar-refractivity contribution in [2.45, 2.75) is 17.6 Å². The summed E-state index contributed by atoms with van der Waals surface area (Å²) in [6.45, 7) is 0.359. The van der Waals surface area contributed by atoms with E-state index in [9.17, 15) is 30.8 Å². The third-order valence-electron chi connectivity index (χ3n) is 6.21. The Kier molecular flexibility index (Phi) is 8.29. The van der Waals surface area contributed by atoms with Crippen molar-refractivity contribution in [3.63, 3.8) is 0 Å². The van der Waals surface area contributed by atoms with Crippen LogP contribution in [-0.4, -0.2) is 56.3 Å². The molecule has 6 nitrogen and oxygen atoms in total. The SMILES string of the molecule is O=C(CN(Cc1ccc(F)cc1)S(=O)(=O)c1ccc(Cl)cc1)N1CCN(c2cccc(C(F)(F)F)c2)CC1. The van der Waals surface area contributed by atoms with Crippen LogP contribution in [-0.2, 0) is 27.5 Å². The van der Waals surface area contributed by atoms with Crippen molar-refractivity contribution in [2.75, 3.05) is 37.6 Å². The summed E-state index contributed by atoms with van der Waals surface area (Å²) in [4.78, 5) is 16.4. The van der Waals surface area contributed by atoms with Gasteiger partial charge in [-0.05, 0) is 60.2 Å². The highest BCUT2D eigenvalue weighted by molar-refractivity contribution is 7.89. The molecule has 0 N–H and O–H groups in total. The lowest BCUT2D eigenvalue weighted by molar-refractivity contribution is -0.137. The van der Waals surface area contributed by atoms with Gasteiger partial charge in [0.2, 0.25) is 15.9 Å². The van der Waals surface area contributed by atoms with Crippen molar-refractivity contribution in [3.05, 3.63) is 94.8 Å². The quantitative estimate of drug-likeness (QED) is 0.374. The van der Waals surface area contributed by atoms with Gasteiger partial charge >= 0.3 is 6.18 Å². The predicted molar refractivity (Wildman–Crippen MR) is 136 cm³/mol. The number of rotatable bonds is 7. The molecule has 1 saturated heterocycles. The predicted octanol–water partition coefficient (Wildman–Crippen LogP) is 5.04. The summed E-state index contributed by atoms with van der Waals surface area (Å²) in [7, 11) is -4.12.